The Balaban J connectivity index is 1.56. The molecule has 0 radical (unpaired) electrons. The standard InChI is InChI=1S/C28H23BrClN3O6/c1-15-7-8-16(2)22(9-15)31-24(34)14-39-25-21(29)11-17(12-23(25)38-3)10-20-26(35)32-28(37)33(27(20)36)19-6-4-5-18(30)13-19/h4-13H,14H2,1-3H3,(H,31,34)(H,32,35,37)/b20-10+. The van der Waals surface area contributed by atoms with Gasteiger partial charge in [0.05, 0.1) is 17.3 Å². The maximum atomic E-state index is 13.2. The van der Waals surface area contributed by atoms with Crippen LogP contribution in [0, 0.1) is 13.8 Å². The van der Waals surface area contributed by atoms with Gasteiger partial charge in [0, 0.05) is 10.7 Å². The van der Waals surface area contributed by atoms with Gasteiger partial charge in [0.2, 0.25) is 0 Å². The van der Waals surface area contributed by atoms with Crippen LogP contribution >= 0.6 is 27.5 Å². The first-order valence-corrected chi connectivity index (χ1v) is 12.8. The third kappa shape index (κ3) is 6.30. The molecule has 1 aliphatic heterocycles. The van der Waals surface area contributed by atoms with Crippen molar-refractivity contribution in [1.29, 1.82) is 0 Å². The Morgan fingerprint density at radius 2 is 1.87 bits per heavy atom. The zero-order valence-electron chi connectivity index (χ0n) is 21.1. The van der Waals surface area contributed by atoms with Gasteiger partial charge >= 0.3 is 6.03 Å². The van der Waals surface area contributed by atoms with Gasteiger partial charge in [-0.3, -0.25) is 19.7 Å². The number of ether oxygens (including phenoxy) is 2. The van der Waals surface area contributed by atoms with Crippen molar-refractivity contribution in [1.82, 2.24) is 5.32 Å². The molecular weight excluding hydrogens is 590 g/mol. The quantitative estimate of drug-likeness (QED) is 0.272. The Hall–Kier alpha value is -4.15. The average Bonchev–Trinajstić information content (AvgIpc) is 2.87. The molecule has 1 aliphatic rings. The third-order valence-electron chi connectivity index (χ3n) is 5.75. The number of halogens is 2. The van der Waals surface area contributed by atoms with E-state index in [1.165, 1.54) is 31.4 Å². The number of imide groups is 2. The van der Waals surface area contributed by atoms with Crippen molar-refractivity contribution in [3.63, 3.8) is 0 Å². The molecule has 1 heterocycles. The molecule has 4 rings (SSSR count). The van der Waals surface area contributed by atoms with Gasteiger partial charge in [-0.15, -0.1) is 0 Å². The minimum absolute atomic E-state index is 0.213. The van der Waals surface area contributed by atoms with Crippen LogP contribution < -0.4 is 25.0 Å². The van der Waals surface area contributed by atoms with E-state index < -0.39 is 17.8 Å². The van der Waals surface area contributed by atoms with Gasteiger partial charge in [-0.1, -0.05) is 29.8 Å². The lowest BCUT2D eigenvalue weighted by molar-refractivity contribution is -0.122. The summed E-state index contributed by atoms with van der Waals surface area (Å²) in [5.41, 5.74) is 2.97. The first-order valence-electron chi connectivity index (χ1n) is 11.6. The number of nitrogens with zero attached hydrogens (tertiary/aromatic N) is 1. The molecule has 0 spiro atoms. The van der Waals surface area contributed by atoms with Gasteiger partial charge < -0.3 is 14.8 Å². The molecule has 2 N–H and O–H groups in total. The van der Waals surface area contributed by atoms with Crippen LogP contribution in [-0.2, 0) is 14.4 Å². The molecule has 0 aromatic heterocycles. The average molecular weight is 613 g/mol. The predicted molar refractivity (Wildman–Crippen MR) is 151 cm³/mol. The summed E-state index contributed by atoms with van der Waals surface area (Å²) in [6, 6.07) is 14.1. The fraction of sp³-hybridized carbons (Fsp3) is 0.143. The molecule has 0 aliphatic carbocycles. The van der Waals surface area contributed by atoms with E-state index in [-0.39, 0.29) is 35.3 Å². The molecule has 5 amide bonds. The van der Waals surface area contributed by atoms with Crippen molar-refractivity contribution in [2.45, 2.75) is 13.8 Å². The first-order chi connectivity index (χ1) is 18.6. The monoisotopic (exact) mass is 611 g/mol. The van der Waals surface area contributed by atoms with Crippen LogP contribution in [0.4, 0.5) is 16.2 Å². The van der Waals surface area contributed by atoms with E-state index >= 15 is 0 Å². The fourth-order valence-electron chi connectivity index (χ4n) is 3.83. The summed E-state index contributed by atoms with van der Waals surface area (Å²) >= 11 is 9.42. The van der Waals surface area contributed by atoms with Crippen LogP contribution in [0.1, 0.15) is 16.7 Å². The highest BCUT2D eigenvalue weighted by molar-refractivity contribution is 9.10. The van der Waals surface area contributed by atoms with Crippen molar-refractivity contribution < 1.29 is 28.7 Å². The molecule has 0 bridgehead atoms. The van der Waals surface area contributed by atoms with Crippen LogP contribution in [0.3, 0.4) is 0 Å². The molecule has 3 aromatic rings. The molecule has 39 heavy (non-hydrogen) atoms. The maximum absolute atomic E-state index is 13.2. The van der Waals surface area contributed by atoms with Crippen LogP contribution in [-0.4, -0.2) is 37.5 Å². The molecule has 11 heteroatoms. The largest absolute Gasteiger partial charge is 0.493 e. The number of nitrogens with one attached hydrogen (secondary N) is 2. The van der Waals surface area contributed by atoms with Crippen LogP contribution in [0.25, 0.3) is 6.08 Å². The van der Waals surface area contributed by atoms with Gasteiger partial charge in [0.25, 0.3) is 17.7 Å². The van der Waals surface area contributed by atoms with Crippen molar-refractivity contribution in [3.05, 3.63) is 86.4 Å². The molecule has 1 saturated heterocycles. The first kappa shape index (κ1) is 27.9. The Kier molecular flexibility index (Phi) is 8.37. The number of anilines is 2. The van der Waals surface area contributed by atoms with E-state index in [9.17, 15) is 19.2 Å². The second-order valence-electron chi connectivity index (χ2n) is 8.63. The SMILES string of the molecule is COc1cc(/C=C2\C(=O)NC(=O)N(c3cccc(Cl)c3)C2=O)cc(Br)c1OCC(=O)Nc1cc(C)ccc1C. The van der Waals surface area contributed by atoms with Gasteiger partial charge in [-0.05, 0) is 88.9 Å². The minimum Gasteiger partial charge on any atom is -0.493 e. The second kappa shape index (κ2) is 11.7. The highest BCUT2D eigenvalue weighted by Gasteiger charge is 2.37. The van der Waals surface area contributed by atoms with E-state index in [1.54, 1.807) is 18.2 Å². The number of methoxy groups -OCH3 is 1. The van der Waals surface area contributed by atoms with E-state index in [4.69, 9.17) is 21.1 Å². The maximum Gasteiger partial charge on any atom is 0.335 e. The molecule has 200 valence electrons. The summed E-state index contributed by atoms with van der Waals surface area (Å²) in [6.07, 6.45) is 1.33. The van der Waals surface area contributed by atoms with Gasteiger partial charge in [-0.2, -0.15) is 0 Å². The zero-order chi connectivity index (χ0) is 28.3. The van der Waals surface area contributed by atoms with Crippen molar-refractivity contribution >= 4 is 68.7 Å². The van der Waals surface area contributed by atoms with Gasteiger partial charge in [-0.25, -0.2) is 9.69 Å². The highest BCUT2D eigenvalue weighted by atomic mass is 79.9. The number of hydrogen-bond donors (Lipinski definition) is 2. The summed E-state index contributed by atoms with van der Waals surface area (Å²) in [6.45, 7) is 3.53. The zero-order valence-corrected chi connectivity index (χ0v) is 23.5. The van der Waals surface area contributed by atoms with Crippen LogP contribution in [0.5, 0.6) is 11.5 Å². The van der Waals surface area contributed by atoms with Crippen molar-refractivity contribution in [3.8, 4) is 11.5 Å². The van der Waals surface area contributed by atoms with E-state index in [0.717, 1.165) is 16.0 Å². The predicted octanol–water partition coefficient (Wildman–Crippen LogP) is 5.41. The Labute approximate surface area is 237 Å². The fourth-order valence-corrected chi connectivity index (χ4v) is 4.59. The summed E-state index contributed by atoms with van der Waals surface area (Å²) in [5.74, 6) is -1.52. The molecule has 0 saturated carbocycles. The summed E-state index contributed by atoms with van der Waals surface area (Å²) in [4.78, 5) is 51.5. The number of rotatable bonds is 7. The number of benzene rings is 3. The minimum atomic E-state index is -0.883. The summed E-state index contributed by atoms with van der Waals surface area (Å²) in [5, 5.41) is 5.31. The lowest BCUT2D eigenvalue weighted by atomic mass is 10.1. The third-order valence-corrected chi connectivity index (χ3v) is 6.57. The number of barbiturate groups is 1. The molecule has 9 nitrogen and oxygen atoms in total. The number of carbonyl (C=O) groups excluding carboxylic acids is 4. The normalized spacial score (nSPS) is 14.3. The summed E-state index contributed by atoms with van der Waals surface area (Å²) < 4.78 is 11.6. The lowest BCUT2D eigenvalue weighted by Gasteiger charge is -2.26. The molecule has 0 atom stereocenters. The van der Waals surface area contributed by atoms with Gasteiger partial charge in [0.1, 0.15) is 5.57 Å². The Bertz CT molecular complexity index is 1540. The second-order valence-corrected chi connectivity index (χ2v) is 9.92. The van der Waals surface area contributed by atoms with Crippen molar-refractivity contribution in [2.75, 3.05) is 23.9 Å². The number of urea groups is 1. The van der Waals surface area contributed by atoms with E-state index in [2.05, 4.69) is 26.6 Å². The molecule has 3 aromatic carbocycles. The van der Waals surface area contributed by atoms with E-state index in [1.807, 2.05) is 32.0 Å². The molecular formula is C28H23BrClN3O6. The Morgan fingerprint density at radius 3 is 2.59 bits per heavy atom. The number of hydrogen-bond acceptors (Lipinski definition) is 6. The smallest absolute Gasteiger partial charge is 0.335 e. The van der Waals surface area contributed by atoms with Crippen LogP contribution in [0.2, 0.25) is 5.02 Å². The topological polar surface area (TPSA) is 114 Å². The molecule has 1 fully saturated rings. The number of aryl methyl sites for hydroxylation is 2. The number of amides is 5. The summed E-state index contributed by atoms with van der Waals surface area (Å²) in [7, 11) is 1.42. The van der Waals surface area contributed by atoms with Gasteiger partial charge in [0.15, 0.2) is 18.1 Å². The molecule has 0 unspecified atom stereocenters. The highest BCUT2D eigenvalue weighted by Crippen LogP contribution is 2.37. The Morgan fingerprint density at radius 1 is 1.10 bits per heavy atom. The van der Waals surface area contributed by atoms with Crippen molar-refractivity contribution in [2.24, 2.45) is 0 Å². The lowest BCUT2D eigenvalue weighted by Crippen LogP contribution is -2.54. The number of carbonyl (C=O) groups is 4. The van der Waals surface area contributed by atoms with E-state index in [0.29, 0.717) is 20.7 Å². The van der Waals surface area contributed by atoms with Crippen LogP contribution in [0.15, 0.2) is 64.6 Å².